The quantitative estimate of drug-likeness (QED) is 0.637. The molecule has 0 fully saturated rings. The summed E-state index contributed by atoms with van der Waals surface area (Å²) in [6, 6.07) is 20.1. The highest BCUT2D eigenvalue weighted by Crippen LogP contribution is 2.30. The lowest BCUT2D eigenvalue weighted by atomic mass is 10.1. The van der Waals surface area contributed by atoms with Crippen LogP contribution in [0.15, 0.2) is 66.7 Å². The van der Waals surface area contributed by atoms with E-state index in [9.17, 15) is 9.59 Å². The van der Waals surface area contributed by atoms with Gasteiger partial charge < -0.3 is 20.1 Å². The van der Waals surface area contributed by atoms with Gasteiger partial charge in [0, 0.05) is 12.1 Å². The van der Waals surface area contributed by atoms with E-state index in [1.165, 1.54) is 0 Å². The zero-order chi connectivity index (χ0) is 21.6. The topological polar surface area (TPSA) is 76.7 Å². The number of para-hydroxylation sites is 1. The Morgan fingerprint density at radius 2 is 1.68 bits per heavy atom. The maximum Gasteiger partial charge on any atom is 0.255 e. The number of rotatable bonds is 6. The Morgan fingerprint density at radius 3 is 2.52 bits per heavy atom. The molecule has 0 spiro atoms. The lowest BCUT2D eigenvalue weighted by Crippen LogP contribution is -2.27. The average Bonchev–Trinajstić information content (AvgIpc) is 2.79. The minimum atomic E-state index is -0.250. The van der Waals surface area contributed by atoms with Crippen LogP contribution >= 0.6 is 0 Å². The number of carbonyl (C=O) groups is 2. The Morgan fingerprint density at radius 1 is 0.871 bits per heavy atom. The summed E-state index contributed by atoms with van der Waals surface area (Å²) < 4.78 is 11.1. The third kappa shape index (κ3) is 5.04. The van der Waals surface area contributed by atoms with Crippen LogP contribution in [0.1, 0.15) is 31.8 Å². The monoisotopic (exact) mass is 416 g/mol. The zero-order valence-electron chi connectivity index (χ0n) is 17.3. The predicted octanol–water partition coefficient (Wildman–Crippen LogP) is 3.99. The molecule has 0 radical (unpaired) electrons. The molecule has 4 rings (SSSR count). The molecular weight excluding hydrogens is 392 g/mol. The van der Waals surface area contributed by atoms with Gasteiger partial charge in [-0.3, -0.25) is 9.59 Å². The van der Waals surface area contributed by atoms with Crippen LogP contribution in [0.4, 0.5) is 5.69 Å². The molecule has 6 nitrogen and oxygen atoms in total. The van der Waals surface area contributed by atoms with Crippen molar-refractivity contribution in [1.29, 1.82) is 0 Å². The summed E-state index contributed by atoms with van der Waals surface area (Å²) in [4.78, 5) is 25.3. The van der Waals surface area contributed by atoms with Crippen molar-refractivity contribution in [1.82, 2.24) is 5.32 Å². The molecule has 2 N–H and O–H groups in total. The molecule has 0 aromatic heterocycles. The highest BCUT2D eigenvalue weighted by Gasteiger charge is 2.15. The van der Waals surface area contributed by atoms with E-state index in [4.69, 9.17) is 9.47 Å². The van der Waals surface area contributed by atoms with E-state index in [0.717, 1.165) is 22.6 Å². The summed E-state index contributed by atoms with van der Waals surface area (Å²) >= 11 is 0. The number of nitrogens with one attached hydrogen (secondary N) is 2. The molecule has 2 amide bonds. The number of hydrogen-bond acceptors (Lipinski definition) is 4. The van der Waals surface area contributed by atoms with Gasteiger partial charge in [-0.15, -0.1) is 0 Å². The summed E-state index contributed by atoms with van der Waals surface area (Å²) in [7, 11) is 0. The van der Waals surface area contributed by atoms with E-state index in [0.29, 0.717) is 43.0 Å². The summed E-state index contributed by atoms with van der Waals surface area (Å²) in [6.07, 6.45) is 0.653. The zero-order valence-corrected chi connectivity index (χ0v) is 17.3. The van der Waals surface area contributed by atoms with Crippen LogP contribution in [-0.2, 0) is 6.42 Å². The molecule has 6 heteroatoms. The van der Waals surface area contributed by atoms with Crippen LogP contribution in [0.25, 0.3) is 0 Å². The summed E-state index contributed by atoms with van der Waals surface area (Å²) in [5.41, 5.74) is 3.49. The lowest BCUT2D eigenvalue weighted by molar-refractivity contribution is 0.0955. The minimum Gasteiger partial charge on any atom is -0.486 e. The van der Waals surface area contributed by atoms with Crippen LogP contribution in [-0.4, -0.2) is 31.6 Å². The number of anilines is 1. The average molecular weight is 416 g/mol. The molecule has 0 unspecified atom stereocenters. The summed E-state index contributed by atoms with van der Waals surface area (Å²) in [6.45, 7) is 3.49. The van der Waals surface area contributed by atoms with Crippen LogP contribution < -0.4 is 20.1 Å². The van der Waals surface area contributed by atoms with Crippen molar-refractivity contribution in [2.45, 2.75) is 13.3 Å². The first-order valence-corrected chi connectivity index (χ1v) is 10.2. The smallest absolute Gasteiger partial charge is 0.255 e. The largest absolute Gasteiger partial charge is 0.486 e. The second-order valence-corrected chi connectivity index (χ2v) is 7.35. The van der Waals surface area contributed by atoms with E-state index < -0.39 is 0 Å². The summed E-state index contributed by atoms with van der Waals surface area (Å²) in [5.74, 6) is 0.995. The van der Waals surface area contributed by atoms with Crippen molar-refractivity contribution in [2.24, 2.45) is 0 Å². The van der Waals surface area contributed by atoms with Crippen LogP contribution in [0, 0.1) is 6.92 Å². The molecule has 1 aliphatic rings. The van der Waals surface area contributed by atoms with Crippen molar-refractivity contribution in [2.75, 3.05) is 25.1 Å². The van der Waals surface area contributed by atoms with Crippen molar-refractivity contribution < 1.29 is 19.1 Å². The first-order valence-electron chi connectivity index (χ1n) is 10.2. The number of fused-ring (bicyclic) bond motifs is 1. The fourth-order valence-corrected chi connectivity index (χ4v) is 3.43. The molecule has 1 aliphatic heterocycles. The van der Waals surface area contributed by atoms with Gasteiger partial charge in [-0.2, -0.15) is 0 Å². The van der Waals surface area contributed by atoms with E-state index >= 15 is 0 Å². The fourth-order valence-electron chi connectivity index (χ4n) is 3.43. The third-order valence-electron chi connectivity index (χ3n) is 5.01. The lowest BCUT2D eigenvalue weighted by Gasteiger charge is -2.19. The van der Waals surface area contributed by atoms with Crippen molar-refractivity contribution in [3.63, 3.8) is 0 Å². The standard InChI is InChI=1S/C25H24N2O4/c1-17-5-4-6-19(15-17)24(28)27-21-8-3-2-7-20(21)25(29)26-12-11-18-9-10-22-23(16-18)31-14-13-30-22/h2-10,15-16H,11-14H2,1H3,(H,26,29)(H,27,28). The number of aryl methyl sites for hydroxylation is 1. The Labute approximate surface area is 181 Å². The van der Waals surface area contributed by atoms with Gasteiger partial charge in [0.1, 0.15) is 13.2 Å². The van der Waals surface area contributed by atoms with E-state index in [1.54, 1.807) is 30.3 Å². The van der Waals surface area contributed by atoms with E-state index in [-0.39, 0.29) is 11.8 Å². The number of benzene rings is 3. The molecular formula is C25H24N2O4. The first-order chi connectivity index (χ1) is 15.1. The van der Waals surface area contributed by atoms with Gasteiger partial charge in [0.2, 0.25) is 0 Å². The molecule has 3 aromatic carbocycles. The highest BCUT2D eigenvalue weighted by atomic mass is 16.6. The first kappa shape index (κ1) is 20.5. The molecule has 0 saturated carbocycles. The molecule has 0 atom stereocenters. The van der Waals surface area contributed by atoms with Crippen LogP contribution in [0.5, 0.6) is 11.5 Å². The van der Waals surface area contributed by atoms with Crippen molar-refractivity contribution >= 4 is 17.5 Å². The van der Waals surface area contributed by atoms with Crippen LogP contribution in [0.3, 0.4) is 0 Å². The number of ether oxygens (including phenoxy) is 2. The number of amides is 2. The Bertz CT molecular complexity index is 1110. The normalized spacial score (nSPS) is 12.2. The SMILES string of the molecule is Cc1cccc(C(=O)Nc2ccccc2C(=O)NCCc2ccc3c(c2)OCCO3)c1. The molecule has 0 bridgehead atoms. The van der Waals surface area contributed by atoms with Gasteiger partial charge >= 0.3 is 0 Å². The van der Waals surface area contributed by atoms with Gasteiger partial charge in [0.05, 0.1) is 11.3 Å². The van der Waals surface area contributed by atoms with Gasteiger partial charge in [0.25, 0.3) is 11.8 Å². The number of carbonyl (C=O) groups excluding carboxylic acids is 2. The third-order valence-corrected chi connectivity index (χ3v) is 5.01. The molecule has 1 heterocycles. The predicted molar refractivity (Wildman–Crippen MR) is 119 cm³/mol. The molecule has 0 aliphatic carbocycles. The van der Waals surface area contributed by atoms with Gasteiger partial charge in [-0.05, 0) is 55.3 Å². The summed E-state index contributed by atoms with van der Waals surface area (Å²) in [5, 5.41) is 5.77. The Hall–Kier alpha value is -3.80. The second-order valence-electron chi connectivity index (χ2n) is 7.35. The molecule has 0 saturated heterocycles. The maximum atomic E-state index is 12.8. The minimum absolute atomic E-state index is 0.238. The Kier molecular flexibility index (Phi) is 6.17. The molecule has 3 aromatic rings. The second kappa shape index (κ2) is 9.34. The number of hydrogen-bond donors (Lipinski definition) is 2. The Balaban J connectivity index is 1.38. The highest BCUT2D eigenvalue weighted by molar-refractivity contribution is 6.09. The maximum absolute atomic E-state index is 12.8. The van der Waals surface area contributed by atoms with E-state index in [2.05, 4.69) is 10.6 Å². The molecule has 158 valence electrons. The van der Waals surface area contributed by atoms with Crippen LogP contribution in [0.2, 0.25) is 0 Å². The van der Waals surface area contributed by atoms with Gasteiger partial charge in [-0.1, -0.05) is 35.9 Å². The fraction of sp³-hybridized carbons (Fsp3) is 0.200. The molecule has 31 heavy (non-hydrogen) atoms. The van der Waals surface area contributed by atoms with Gasteiger partial charge in [0.15, 0.2) is 11.5 Å². The van der Waals surface area contributed by atoms with E-state index in [1.807, 2.05) is 43.3 Å². The van der Waals surface area contributed by atoms with Crippen molar-refractivity contribution in [3.05, 3.63) is 89.0 Å². The van der Waals surface area contributed by atoms with Crippen molar-refractivity contribution in [3.8, 4) is 11.5 Å². The van der Waals surface area contributed by atoms with Gasteiger partial charge in [-0.25, -0.2) is 0 Å².